The molecule has 7 heteroatoms. The molecule has 28 heavy (non-hydrogen) atoms. The molecule has 142 valence electrons. The van der Waals surface area contributed by atoms with Crippen LogP contribution in [-0.4, -0.2) is 26.6 Å². The van der Waals surface area contributed by atoms with Crippen LogP contribution in [0.4, 0.5) is 17.5 Å². The van der Waals surface area contributed by atoms with E-state index >= 15 is 0 Å². The van der Waals surface area contributed by atoms with Gasteiger partial charge in [0.15, 0.2) is 5.60 Å². The lowest BCUT2D eigenvalue weighted by atomic mass is 10.0. The fraction of sp³-hybridized carbons (Fsp3) is 0.286. The van der Waals surface area contributed by atoms with Crippen LogP contribution in [0.15, 0.2) is 30.5 Å². The van der Waals surface area contributed by atoms with E-state index in [-0.39, 0.29) is 5.95 Å². The molecule has 2 aromatic heterocycles. The second-order valence-electron chi connectivity index (χ2n) is 6.99. The van der Waals surface area contributed by atoms with Crippen molar-refractivity contribution >= 4 is 28.8 Å². The van der Waals surface area contributed by atoms with Gasteiger partial charge in [-0.1, -0.05) is 17.9 Å². The zero-order valence-electron chi connectivity index (χ0n) is 16.0. The van der Waals surface area contributed by atoms with Crippen LogP contribution in [0.2, 0.25) is 0 Å². The average Bonchev–Trinajstić information content (AvgIpc) is 3.22. The Kier molecular flexibility index (Phi) is 4.53. The average molecular weight is 392 g/mol. The maximum Gasteiger partial charge on any atom is 0.221 e. The topological polar surface area (TPSA) is 88.2 Å². The van der Waals surface area contributed by atoms with Gasteiger partial charge in [0, 0.05) is 24.0 Å². The molecule has 1 unspecified atom stereocenters. The van der Waals surface area contributed by atoms with Crippen molar-refractivity contribution in [2.45, 2.75) is 32.8 Å². The second-order valence-corrected chi connectivity index (χ2v) is 8.19. The lowest BCUT2D eigenvalue weighted by Gasteiger charge is -2.18. The minimum Gasteiger partial charge on any atom is -0.373 e. The summed E-state index contributed by atoms with van der Waals surface area (Å²) in [6.07, 6.45) is 2.60. The van der Waals surface area contributed by atoms with Gasteiger partial charge in [-0.3, -0.25) is 0 Å². The van der Waals surface area contributed by atoms with E-state index in [0.29, 0.717) is 0 Å². The highest BCUT2D eigenvalue weighted by atomic mass is 32.1. The van der Waals surface area contributed by atoms with E-state index < -0.39 is 5.60 Å². The summed E-state index contributed by atoms with van der Waals surface area (Å²) in [5.74, 6) is 7.17. The number of hydrogen-bond donors (Lipinski definition) is 2. The number of thiazole rings is 1. The molecule has 0 radical (unpaired) electrons. The molecule has 4 rings (SSSR count). The molecule has 3 aromatic rings. The summed E-state index contributed by atoms with van der Waals surface area (Å²) in [5.41, 5.74) is 8.46. The number of hydrogen-bond acceptors (Lipinski definition) is 7. The number of nitrogen functional groups attached to an aromatic ring is 1. The molecule has 0 spiro atoms. The standard InChI is InChI=1S/C21H21N5OS/c1-13-19(28-14(2)24-13)21(3,27)9-6-15-4-5-16-8-11-26(17(16)12-15)18-7-10-23-20(22)25-18/h4-5,7,10,12,27H,8,11H2,1-3H3,(H2,22,23,25). The SMILES string of the molecule is Cc1nc(C)c(C(C)(O)C#Cc2ccc3c(c2)N(c2ccnc(N)n2)CC3)s1. The van der Waals surface area contributed by atoms with E-state index in [1.165, 1.54) is 16.9 Å². The summed E-state index contributed by atoms with van der Waals surface area (Å²) in [5, 5.41) is 11.8. The summed E-state index contributed by atoms with van der Waals surface area (Å²) < 4.78 is 0. The van der Waals surface area contributed by atoms with Crippen molar-refractivity contribution in [1.82, 2.24) is 15.0 Å². The molecular weight excluding hydrogens is 370 g/mol. The van der Waals surface area contributed by atoms with E-state index in [1.54, 1.807) is 13.1 Å². The van der Waals surface area contributed by atoms with Gasteiger partial charge in [0.2, 0.25) is 5.95 Å². The van der Waals surface area contributed by atoms with Crippen LogP contribution in [0.1, 0.15) is 33.6 Å². The van der Waals surface area contributed by atoms with Crippen molar-refractivity contribution in [2.75, 3.05) is 17.2 Å². The lowest BCUT2D eigenvalue weighted by molar-refractivity contribution is 0.125. The number of anilines is 3. The molecule has 1 aliphatic heterocycles. The highest BCUT2D eigenvalue weighted by molar-refractivity contribution is 7.11. The quantitative estimate of drug-likeness (QED) is 0.653. The van der Waals surface area contributed by atoms with Gasteiger partial charge < -0.3 is 15.7 Å². The van der Waals surface area contributed by atoms with E-state index in [0.717, 1.165) is 45.6 Å². The van der Waals surface area contributed by atoms with Crippen LogP contribution in [0.5, 0.6) is 0 Å². The Bertz CT molecular complexity index is 1110. The number of benzene rings is 1. The van der Waals surface area contributed by atoms with Gasteiger partial charge in [0.05, 0.1) is 15.6 Å². The number of nitrogens with zero attached hydrogens (tertiary/aromatic N) is 4. The number of aromatic nitrogens is 3. The highest BCUT2D eigenvalue weighted by Gasteiger charge is 2.26. The van der Waals surface area contributed by atoms with Gasteiger partial charge in [-0.25, -0.2) is 9.97 Å². The Hall–Kier alpha value is -2.95. The summed E-state index contributed by atoms with van der Waals surface area (Å²) in [6.45, 7) is 6.37. The van der Waals surface area contributed by atoms with Gasteiger partial charge in [-0.05, 0) is 51.0 Å². The van der Waals surface area contributed by atoms with Gasteiger partial charge in [-0.15, -0.1) is 11.3 Å². The number of aryl methyl sites for hydroxylation is 2. The smallest absolute Gasteiger partial charge is 0.221 e. The van der Waals surface area contributed by atoms with Gasteiger partial charge in [0.1, 0.15) is 5.82 Å². The first-order valence-corrected chi connectivity index (χ1v) is 9.84. The van der Waals surface area contributed by atoms with Crippen molar-refractivity contribution < 1.29 is 5.11 Å². The number of nitrogens with two attached hydrogens (primary N) is 1. The zero-order chi connectivity index (χ0) is 19.9. The summed E-state index contributed by atoms with van der Waals surface area (Å²) in [7, 11) is 0. The zero-order valence-corrected chi connectivity index (χ0v) is 16.8. The fourth-order valence-electron chi connectivity index (χ4n) is 3.44. The maximum atomic E-state index is 10.9. The predicted molar refractivity (Wildman–Crippen MR) is 112 cm³/mol. The Morgan fingerprint density at radius 1 is 1.25 bits per heavy atom. The van der Waals surface area contributed by atoms with Gasteiger partial charge in [0.25, 0.3) is 0 Å². The first-order valence-electron chi connectivity index (χ1n) is 9.02. The van der Waals surface area contributed by atoms with Crippen LogP contribution in [0.25, 0.3) is 0 Å². The Balaban J connectivity index is 1.66. The number of aliphatic hydroxyl groups is 1. The molecule has 0 saturated heterocycles. The molecule has 3 N–H and O–H groups in total. The summed E-state index contributed by atoms with van der Waals surface area (Å²) in [6, 6.07) is 7.96. The third-order valence-corrected chi connectivity index (χ3v) is 6.00. The number of rotatable bonds is 2. The summed E-state index contributed by atoms with van der Waals surface area (Å²) >= 11 is 1.48. The molecule has 1 atom stereocenters. The van der Waals surface area contributed by atoms with Crippen LogP contribution >= 0.6 is 11.3 Å². The van der Waals surface area contributed by atoms with Crippen molar-refractivity contribution in [3.05, 3.63) is 57.2 Å². The van der Waals surface area contributed by atoms with Crippen LogP contribution in [0.3, 0.4) is 0 Å². The Morgan fingerprint density at radius 2 is 2.07 bits per heavy atom. The molecule has 0 amide bonds. The monoisotopic (exact) mass is 391 g/mol. The van der Waals surface area contributed by atoms with Crippen molar-refractivity contribution in [2.24, 2.45) is 0 Å². The van der Waals surface area contributed by atoms with Gasteiger partial charge in [-0.2, -0.15) is 4.98 Å². The largest absolute Gasteiger partial charge is 0.373 e. The van der Waals surface area contributed by atoms with Crippen molar-refractivity contribution in [3.63, 3.8) is 0 Å². The molecule has 1 aliphatic rings. The van der Waals surface area contributed by atoms with E-state index in [2.05, 4.69) is 37.8 Å². The molecule has 6 nitrogen and oxygen atoms in total. The Morgan fingerprint density at radius 3 is 2.79 bits per heavy atom. The van der Waals surface area contributed by atoms with Crippen molar-refractivity contribution in [3.8, 4) is 11.8 Å². The van der Waals surface area contributed by atoms with Crippen LogP contribution < -0.4 is 10.6 Å². The summed E-state index contributed by atoms with van der Waals surface area (Å²) in [4.78, 5) is 15.6. The van der Waals surface area contributed by atoms with Crippen LogP contribution in [0, 0.1) is 25.7 Å². The lowest BCUT2D eigenvalue weighted by Crippen LogP contribution is -2.18. The molecule has 0 fully saturated rings. The minimum absolute atomic E-state index is 0.258. The number of fused-ring (bicyclic) bond motifs is 1. The molecule has 0 bridgehead atoms. The predicted octanol–water partition coefficient (Wildman–Crippen LogP) is 3.09. The van der Waals surface area contributed by atoms with Crippen molar-refractivity contribution in [1.29, 1.82) is 0 Å². The first kappa shape index (κ1) is 18.4. The first-order chi connectivity index (χ1) is 13.3. The van der Waals surface area contributed by atoms with Gasteiger partial charge >= 0.3 is 0 Å². The molecule has 0 saturated carbocycles. The van der Waals surface area contributed by atoms with Crippen LogP contribution in [-0.2, 0) is 12.0 Å². The second kappa shape index (κ2) is 6.89. The third kappa shape index (κ3) is 3.44. The Labute approximate surface area is 168 Å². The minimum atomic E-state index is -1.24. The van der Waals surface area contributed by atoms with E-state index in [1.807, 2.05) is 32.0 Å². The molecule has 1 aromatic carbocycles. The maximum absolute atomic E-state index is 10.9. The normalized spacial score (nSPS) is 14.9. The van der Waals surface area contributed by atoms with E-state index in [9.17, 15) is 5.11 Å². The molecule has 3 heterocycles. The third-order valence-electron chi connectivity index (χ3n) is 4.71. The molecule has 0 aliphatic carbocycles. The fourth-order valence-corrected chi connectivity index (χ4v) is 4.36. The molecular formula is C21H21N5OS. The highest BCUT2D eigenvalue weighted by Crippen LogP contribution is 2.34. The van der Waals surface area contributed by atoms with E-state index in [4.69, 9.17) is 5.73 Å².